The third-order valence-corrected chi connectivity index (χ3v) is 4.74. The number of carbonyl (C=O) groups is 1. The Morgan fingerprint density at radius 1 is 1.44 bits per heavy atom. The van der Waals surface area contributed by atoms with E-state index in [1.54, 1.807) is 6.08 Å². The van der Waals surface area contributed by atoms with Gasteiger partial charge in [0, 0.05) is 17.3 Å². The van der Waals surface area contributed by atoms with Crippen LogP contribution in [0.4, 0.5) is 0 Å². The smallest absolute Gasteiger partial charge is 0.235 e. The second-order valence-electron chi connectivity index (χ2n) is 5.45. The van der Waals surface area contributed by atoms with Crippen molar-refractivity contribution in [3.63, 3.8) is 0 Å². The fourth-order valence-electron chi connectivity index (χ4n) is 3.22. The number of β-lactam (4-membered cyclic amide) rings is 1. The van der Waals surface area contributed by atoms with Gasteiger partial charge in [-0.15, -0.1) is 0 Å². The van der Waals surface area contributed by atoms with Crippen LogP contribution in [0.25, 0.3) is 0 Å². The standard InChI is InChI=1S/C14H15ClN2O/c15-12-7-11(4-3-10(12)8-16)17-9-14(13(17)18)5-1-2-6-14/h4,7,10H,1-3,5-6,9H2. The van der Waals surface area contributed by atoms with Crippen LogP contribution in [-0.2, 0) is 4.79 Å². The molecular formula is C14H15ClN2O. The zero-order valence-electron chi connectivity index (χ0n) is 10.2. The fourth-order valence-corrected chi connectivity index (χ4v) is 3.47. The number of amides is 1. The van der Waals surface area contributed by atoms with Gasteiger partial charge in [-0.3, -0.25) is 4.79 Å². The lowest BCUT2D eigenvalue weighted by atomic mass is 9.76. The second-order valence-corrected chi connectivity index (χ2v) is 5.89. The molecule has 1 aliphatic heterocycles. The van der Waals surface area contributed by atoms with Crippen molar-refractivity contribution in [1.82, 2.24) is 4.90 Å². The maximum atomic E-state index is 12.3. The van der Waals surface area contributed by atoms with Crippen LogP contribution in [0.5, 0.6) is 0 Å². The zero-order chi connectivity index (χ0) is 12.8. The molecule has 2 aliphatic carbocycles. The van der Waals surface area contributed by atoms with Crippen molar-refractivity contribution < 1.29 is 4.79 Å². The first kappa shape index (κ1) is 11.8. The minimum Gasteiger partial charge on any atom is -0.311 e. The van der Waals surface area contributed by atoms with Crippen LogP contribution in [-0.4, -0.2) is 17.4 Å². The summed E-state index contributed by atoms with van der Waals surface area (Å²) in [5.41, 5.74) is 0.821. The van der Waals surface area contributed by atoms with Crippen LogP contribution >= 0.6 is 11.6 Å². The molecule has 1 amide bonds. The molecule has 1 atom stereocenters. The van der Waals surface area contributed by atoms with Crippen LogP contribution in [0.3, 0.4) is 0 Å². The molecule has 0 aromatic heterocycles. The van der Waals surface area contributed by atoms with Gasteiger partial charge in [-0.1, -0.05) is 30.5 Å². The Hall–Kier alpha value is -1.27. The van der Waals surface area contributed by atoms with E-state index in [1.807, 2.05) is 11.0 Å². The topological polar surface area (TPSA) is 44.1 Å². The van der Waals surface area contributed by atoms with Crippen LogP contribution in [0.15, 0.2) is 22.9 Å². The highest BCUT2D eigenvalue weighted by atomic mass is 35.5. The first-order valence-corrected chi connectivity index (χ1v) is 6.83. The predicted octanol–water partition coefficient (Wildman–Crippen LogP) is 2.94. The minimum absolute atomic E-state index is 0.0623. The molecule has 2 fully saturated rings. The summed E-state index contributed by atoms with van der Waals surface area (Å²) in [4.78, 5) is 14.1. The van der Waals surface area contributed by atoms with E-state index in [-0.39, 0.29) is 17.2 Å². The zero-order valence-corrected chi connectivity index (χ0v) is 10.9. The van der Waals surface area contributed by atoms with Gasteiger partial charge in [-0.05, 0) is 25.3 Å². The Bertz CT molecular complexity index is 494. The molecule has 0 bridgehead atoms. The number of allylic oxidation sites excluding steroid dienone is 3. The van der Waals surface area contributed by atoms with Gasteiger partial charge in [0.25, 0.3) is 0 Å². The summed E-state index contributed by atoms with van der Waals surface area (Å²) in [7, 11) is 0. The van der Waals surface area contributed by atoms with E-state index in [0.717, 1.165) is 25.1 Å². The summed E-state index contributed by atoms with van der Waals surface area (Å²) in [5, 5.41) is 9.44. The monoisotopic (exact) mass is 262 g/mol. The van der Waals surface area contributed by atoms with Gasteiger partial charge >= 0.3 is 0 Å². The number of nitrogens with zero attached hydrogens (tertiary/aromatic N) is 2. The second kappa shape index (κ2) is 4.13. The lowest BCUT2D eigenvalue weighted by Gasteiger charge is -2.47. The number of halogens is 1. The molecule has 0 aromatic rings. The molecule has 1 spiro atoms. The van der Waals surface area contributed by atoms with Crippen molar-refractivity contribution in [2.75, 3.05) is 6.54 Å². The van der Waals surface area contributed by atoms with Gasteiger partial charge in [-0.25, -0.2) is 0 Å². The van der Waals surface area contributed by atoms with E-state index in [9.17, 15) is 4.79 Å². The average molecular weight is 263 g/mol. The highest BCUT2D eigenvalue weighted by Gasteiger charge is 2.53. The Balaban J connectivity index is 1.74. The van der Waals surface area contributed by atoms with Crippen molar-refractivity contribution in [3.05, 3.63) is 22.9 Å². The predicted molar refractivity (Wildman–Crippen MR) is 68.4 cm³/mol. The van der Waals surface area contributed by atoms with E-state index in [2.05, 4.69) is 6.07 Å². The van der Waals surface area contributed by atoms with Crippen molar-refractivity contribution in [2.24, 2.45) is 11.3 Å². The van der Waals surface area contributed by atoms with Crippen LogP contribution in [0.1, 0.15) is 32.1 Å². The molecule has 1 saturated carbocycles. The van der Waals surface area contributed by atoms with Gasteiger partial charge in [0.15, 0.2) is 0 Å². The van der Waals surface area contributed by atoms with E-state index in [0.29, 0.717) is 11.5 Å². The largest absolute Gasteiger partial charge is 0.311 e. The highest BCUT2D eigenvalue weighted by Crippen LogP contribution is 2.48. The molecule has 0 N–H and O–H groups in total. The third-order valence-electron chi connectivity index (χ3n) is 4.37. The molecule has 0 radical (unpaired) electrons. The van der Waals surface area contributed by atoms with Gasteiger partial charge in [-0.2, -0.15) is 5.26 Å². The summed E-state index contributed by atoms with van der Waals surface area (Å²) in [6.45, 7) is 0.829. The van der Waals surface area contributed by atoms with Crippen LogP contribution in [0, 0.1) is 22.7 Å². The number of rotatable bonds is 1. The van der Waals surface area contributed by atoms with Crippen LogP contribution in [0.2, 0.25) is 0 Å². The quantitative estimate of drug-likeness (QED) is 0.682. The van der Waals surface area contributed by atoms with Gasteiger partial charge < -0.3 is 4.90 Å². The van der Waals surface area contributed by atoms with Crippen molar-refractivity contribution in [3.8, 4) is 6.07 Å². The Morgan fingerprint density at radius 3 is 2.72 bits per heavy atom. The van der Waals surface area contributed by atoms with E-state index >= 15 is 0 Å². The fraction of sp³-hybridized carbons (Fsp3) is 0.571. The lowest BCUT2D eigenvalue weighted by Crippen LogP contribution is -2.59. The molecule has 4 heteroatoms. The molecule has 3 nitrogen and oxygen atoms in total. The summed E-state index contributed by atoms with van der Waals surface area (Å²) < 4.78 is 0. The summed E-state index contributed by atoms with van der Waals surface area (Å²) in [6, 6.07) is 2.16. The molecule has 3 aliphatic rings. The normalized spacial score (nSPS) is 29.7. The molecule has 0 aromatic carbocycles. The Kier molecular flexibility index (Phi) is 2.71. The van der Waals surface area contributed by atoms with Crippen molar-refractivity contribution in [2.45, 2.75) is 32.1 Å². The van der Waals surface area contributed by atoms with Gasteiger partial charge in [0.05, 0.1) is 17.4 Å². The maximum Gasteiger partial charge on any atom is 0.235 e. The van der Waals surface area contributed by atoms with Gasteiger partial charge in [0.1, 0.15) is 0 Å². The highest BCUT2D eigenvalue weighted by molar-refractivity contribution is 6.30. The van der Waals surface area contributed by atoms with E-state index in [4.69, 9.17) is 16.9 Å². The number of carbonyl (C=O) groups excluding carboxylic acids is 1. The minimum atomic E-state index is -0.243. The summed E-state index contributed by atoms with van der Waals surface area (Å²) in [6.07, 6.45) is 8.76. The molecule has 1 unspecified atom stereocenters. The Morgan fingerprint density at radius 2 is 2.17 bits per heavy atom. The average Bonchev–Trinajstić information content (AvgIpc) is 2.87. The molecule has 94 valence electrons. The van der Waals surface area contributed by atoms with Gasteiger partial charge in [0.2, 0.25) is 5.91 Å². The first-order valence-electron chi connectivity index (χ1n) is 6.45. The SMILES string of the molecule is N#CC1CC=C(N2CC3(CCCC3)C2=O)C=C1Cl. The molecule has 18 heavy (non-hydrogen) atoms. The maximum absolute atomic E-state index is 12.3. The molecule has 1 saturated heterocycles. The number of likely N-dealkylation sites (tertiary alicyclic amines) is 1. The first-order chi connectivity index (χ1) is 8.66. The number of nitriles is 1. The molecular weight excluding hydrogens is 248 g/mol. The number of hydrogen-bond donors (Lipinski definition) is 0. The summed E-state index contributed by atoms with van der Waals surface area (Å²) >= 11 is 6.06. The van der Waals surface area contributed by atoms with Crippen LogP contribution < -0.4 is 0 Å². The lowest BCUT2D eigenvalue weighted by molar-refractivity contribution is -0.155. The third kappa shape index (κ3) is 1.59. The molecule has 1 heterocycles. The van der Waals surface area contributed by atoms with Crippen molar-refractivity contribution >= 4 is 17.5 Å². The summed E-state index contributed by atoms with van der Waals surface area (Å²) in [5.74, 6) is 0.00890. The Labute approximate surface area is 112 Å². The van der Waals surface area contributed by atoms with E-state index < -0.39 is 0 Å². The molecule has 3 rings (SSSR count). The van der Waals surface area contributed by atoms with Crippen molar-refractivity contribution in [1.29, 1.82) is 5.26 Å². The number of hydrogen-bond acceptors (Lipinski definition) is 2. The van der Waals surface area contributed by atoms with E-state index in [1.165, 1.54) is 12.8 Å².